The van der Waals surface area contributed by atoms with Crippen LogP contribution in [0.15, 0.2) is 16.8 Å². The Bertz CT molecular complexity index is 788. The molecule has 0 unspecified atom stereocenters. The minimum atomic E-state index is 0.0720. The van der Waals surface area contributed by atoms with Crippen LogP contribution in [0.2, 0.25) is 0 Å². The molecule has 0 radical (unpaired) electrons. The third kappa shape index (κ3) is 3.80. The van der Waals surface area contributed by atoms with Gasteiger partial charge in [-0.05, 0) is 44.9 Å². The SMILES string of the molecule is Cc1cc(-c2cnn(C)c2[C@@H]2CCCCN2C(=O)CC2CCCCC2)on1. The minimum Gasteiger partial charge on any atom is -0.356 e. The lowest BCUT2D eigenvalue weighted by Crippen LogP contribution is -2.40. The van der Waals surface area contributed by atoms with Crippen molar-refractivity contribution in [1.82, 2.24) is 19.8 Å². The van der Waals surface area contributed by atoms with Crippen LogP contribution < -0.4 is 0 Å². The summed E-state index contributed by atoms with van der Waals surface area (Å²) in [6.07, 6.45) is 12.0. The molecule has 27 heavy (non-hydrogen) atoms. The van der Waals surface area contributed by atoms with E-state index in [-0.39, 0.29) is 6.04 Å². The van der Waals surface area contributed by atoms with Crippen molar-refractivity contribution >= 4 is 5.91 Å². The minimum absolute atomic E-state index is 0.0720. The van der Waals surface area contributed by atoms with Crippen LogP contribution in [-0.2, 0) is 11.8 Å². The summed E-state index contributed by atoms with van der Waals surface area (Å²) in [5, 5.41) is 8.51. The number of aromatic nitrogens is 3. The predicted molar refractivity (Wildman–Crippen MR) is 103 cm³/mol. The number of carbonyl (C=O) groups excluding carboxylic acids is 1. The van der Waals surface area contributed by atoms with Gasteiger partial charge in [-0.25, -0.2) is 0 Å². The average molecular weight is 370 g/mol. The van der Waals surface area contributed by atoms with Gasteiger partial charge in [0.25, 0.3) is 0 Å². The monoisotopic (exact) mass is 370 g/mol. The Labute approximate surface area is 160 Å². The number of likely N-dealkylation sites (tertiary alicyclic amines) is 1. The zero-order chi connectivity index (χ0) is 18.8. The second-order valence-corrected chi connectivity index (χ2v) is 8.21. The van der Waals surface area contributed by atoms with Gasteiger partial charge >= 0.3 is 0 Å². The molecule has 0 aromatic carbocycles. The second kappa shape index (κ2) is 7.87. The fourth-order valence-electron chi connectivity index (χ4n) is 4.79. The molecule has 1 saturated heterocycles. The van der Waals surface area contributed by atoms with Gasteiger partial charge in [0.05, 0.1) is 29.2 Å². The number of piperidine rings is 1. The van der Waals surface area contributed by atoms with Crippen molar-refractivity contribution in [2.75, 3.05) is 6.54 Å². The van der Waals surface area contributed by atoms with Gasteiger partial charge in [-0.3, -0.25) is 9.48 Å². The van der Waals surface area contributed by atoms with Gasteiger partial charge in [-0.2, -0.15) is 5.10 Å². The Hall–Kier alpha value is -2.11. The van der Waals surface area contributed by atoms with Gasteiger partial charge in [-0.15, -0.1) is 0 Å². The van der Waals surface area contributed by atoms with Crippen molar-refractivity contribution in [3.05, 3.63) is 23.7 Å². The van der Waals surface area contributed by atoms with Crippen molar-refractivity contribution in [2.24, 2.45) is 13.0 Å². The molecule has 6 heteroatoms. The number of nitrogens with zero attached hydrogens (tertiary/aromatic N) is 4. The maximum absolute atomic E-state index is 13.2. The molecule has 1 atom stereocenters. The van der Waals surface area contributed by atoms with Crippen LogP contribution in [0.5, 0.6) is 0 Å². The van der Waals surface area contributed by atoms with Crippen molar-refractivity contribution < 1.29 is 9.32 Å². The van der Waals surface area contributed by atoms with E-state index in [0.717, 1.165) is 48.5 Å². The highest BCUT2D eigenvalue weighted by Gasteiger charge is 2.33. The molecule has 6 nitrogen and oxygen atoms in total. The second-order valence-electron chi connectivity index (χ2n) is 8.21. The molecule has 2 aliphatic rings. The first-order valence-corrected chi connectivity index (χ1v) is 10.4. The third-order valence-corrected chi connectivity index (χ3v) is 6.20. The van der Waals surface area contributed by atoms with Crippen LogP contribution in [-0.4, -0.2) is 32.3 Å². The number of hydrogen-bond donors (Lipinski definition) is 0. The summed E-state index contributed by atoms with van der Waals surface area (Å²) < 4.78 is 7.41. The molecule has 146 valence electrons. The van der Waals surface area contributed by atoms with Crippen molar-refractivity contribution in [2.45, 2.75) is 70.8 Å². The lowest BCUT2D eigenvalue weighted by atomic mass is 9.86. The largest absolute Gasteiger partial charge is 0.356 e. The summed E-state index contributed by atoms with van der Waals surface area (Å²) in [5.41, 5.74) is 2.89. The molecular weight excluding hydrogens is 340 g/mol. The standard InChI is InChI=1S/C21H30N4O2/c1-15-12-19(27-23-15)17-14-22-24(2)21(17)18-10-6-7-11-25(18)20(26)13-16-8-4-3-5-9-16/h12,14,16,18H,3-11,13H2,1-2H3/t18-/m0/s1. The highest BCUT2D eigenvalue weighted by Crippen LogP contribution is 2.38. The smallest absolute Gasteiger partial charge is 0.223 e. The highest BCUT2D eigenvalue weighted by atomic mass is 16.5. The van der Waals surface area contributed by atoms with Crippen LogP contribution in [0, 0.1) is 12.8 Å². The molecule has 4 rings (SSSR count). The molecule has 2 aromatic rings. The van der Waals surface area contributed by atoms with Gasteiger partial charge in [0.15, 0.2) is 5.76 Å². The number of rotatable bonds is 4. The first-order chi connectivity index (χ1) is 13.1. The molecule has 0 N–H and O–H groups in total. The van der Waals surface area contributed by atoms with Crippen molar-refractivity contribution in [3.63, 3.8) is 0 Å². The predicted octanol–water partition coefficient (Wildman–Crippen LogP) is 4.41. The van der Waals surface area contributed by atoms with Gasteiger partial charge in [0.1, 0.15) is 0 Å². The zero-order valence-corrected chi connectivity index (χ0v) is 16.5. The normalized spacial score (nSPS) is 21.6. The Kier molecular flexibility index (Phi) is 5.32. The van der Waals surface area contributed by atoms with Crippen LogP contribution in [0.4, 0.5) is 0 Å². The molecule has 2 fully saturated rings. The lowest BCUT2D eigenvalue weighted by Gasteiger charge is -2.37. The third-order valence-electron chi connectivity index (χ3n) is 6.20. The van der Waals surface area contributed by atoms with E-state index in [2.05, 4.69) is 15.2 Å². The van der Waals surface area contributed by atoms with E-state index in [1.54, 1.807) is 0 Å². The van der Waals surface area contributed by atoms with E-state index in [0.29, 0.717) is 18.2 Å². The molecular formula is C21H30N4O2. The van der Waals surface area contributed by atoms with Gasteiger partial charge < -0.3 is 9.42 Å². The molecule has 1 aliphatic heterocycles. The van der Waals surface area contributed by atoms with Gasteiger partial charge in [0, 0.05) is 26.1 Å². The van der Waals surface area contributed by atoms with Crippen molar-refractivity contribution in [1.29, 1.82) is 0 Å². The zero-order valence-electron chi connectivity index (χ0n) is 16.5. The summed E-state index contributed by atoms with van der Waals surface area (Å²) in [7, 11) is 1.96. The first-order valence-electron chi connectivity index (χ1n) is 10.4. The topological polar surface area (TPSA) is 64.2 Å². The summed E-state index contributed by atoms with van der Waals surface area (Å²) in [4.78, 5) is 15.3. The van der Waals surface area contributed by atoms with Gasteiger partial charge in [0.2, 0.25) is 5.91 Å². The van der Waals surface area contributed by atoms with E-state index in [9.17, 15) is 4.79 Å². The summed E-state index contributed by atoms with van der Waals surface area (Å²) in [5.74, 6) is 1.62. The van der Waals surface area contributed by atoms with Crippen LogP contribution in [0.25, 0.3) is 11.3 Å². The Morgan fingerprint density at radius 3 is 2.70 bits per heavy atom. The van der Waals surface area contributed by atoms with Crippen LogP contribution in [0.3, 0.4) is 0 Å². The summed E-state index contributed by atoms with van der Waals surface area (Å²) >= 11 is 0. The molecule has 1 saturated carbocycles. The van der Waals surface area contributed by atoms with E-state index in [4.69, 9.17) is 4.52 Å². The Morgan fingerprint density at radius 2 is 1.96 bits per heavy atom. The number of aryl methyl sites for hydroxylation is 2. The van der Waals surface area contributed by atoms with E-state index >= 15 is 0 Å². The summed E-state index contributed by atoms with van der Waals surface area (Å²) in [6, 6.07) is 2.01. The fourth-order valence-corrected chi connectivity index (χ4v) is 4.79. The average Bonchev–Trinajstić information content (AvgIpc) is 3.28. The fraction of sp³-hybridized carbons (Fsp3) is 0.667. The van der Waals surface area contributed by atoms with Crippen LogP contribution >= 0.6 is 0 Å². The maximum atomic E-state index is 13.2. The van der Waals surface area contributed by atoms with E-state index in [1.807, 2.05) is 30.9 Å². The maximum Gasteiger partial charge on any atom is 0.223 e. The highest BCUT2D eigenvalue weighted by molar-refractivity contribution is 5.77. The molecule has 1 amide bonds. The molecule has 0 spiro atoms. The van der Waals surface area contributed by atoms with E-state index in [1.165, 1.54) is 32.1 Å². The molecule has 2 aromatic heterocycles. The molecule has 3 heterocycles. The quantitative estimate of drug-likeness (QED) is 0.800. The van der Waals surface area contributed by atoms with Crippen molar-refractivity contribution in [3.8, 4) is 11.3 Å². The molecule has 0 bridgehead atoms. The van der Waals surface area contributed by atoms with Gasteiger partial charge in [-0.1, -0.05) is 24.4 Å². The molecule has 1 aliphatic carbocycles. The lowest BCUT2D eigenvalue weighted by molar-refractivity contribution is -0.136. The first kappa shape index (κ1) is 18.3. The van der Waals surface area contributed by atoms with Crippen LogP contribution in [0.1, 0.15) is 75.2 Å². The number of hydrogen-bond acceptors (Lipinski definition) is 4. The Balaban J connectivity index is 1.59. The van der Waals surface area contributed by atoms with E-state index < -0.39 is 0 Å². The number of carbonyl (C=O) groups is 1. The Morgan fingerprint density at radius 1 is 1.19 bits per heavy atom. The summed E-state index contributed by atoms with van der Waals surface area (Å²) in [6.45, 7) is 2.76. The number of amides is 1.